The molecule has 4 nitrogen and oxygen atoms in total. The Bertz CT molecular complexity index is 737. The van der Waals surface area contributed by atoms with E-state index in [1.54, 1.807) is 12.2 Å². The van der Waals surface area contributed by atoms with Gasteiger partial charge in [-0.05, 0) is 79.6 Å². The van der Waals surface area contributed by atoms with Crippen molar-refractivity contribution < 1.29 is 19.4 Å². The Labute approximate surface area is 174 Å². The minimum absolute atomic E-state index is 0.0454. The Balaban J connectivity index is 1.55. The summed E-state index contributed by atoms with van der Waals surface area (Å²) < 4.78 is 5.54. The highest BCUT2D eigenvalue weighted by Crippen LogP contribution is 2.66. The van der Waals surface area contributed by atoms with Gasteiger partial charge in [0.2, 0.25) is 0 Å². The quantitative estimate of drug-likeness (QED) is 0.425. The smallest absolute Gasteiger partial charge is 0.302 e. The second-order valence-corrected chi connectivity index (χ2v) is 10.4. The van der Waals surface area contributed by atoms with Gasteiger partial charge in [-0.3, -0.25) is 9.59 Å². The van der Waals surface area contributed by atoms with Gasteiger partial charge in [0, 0.05) is 19.3 Å². The zero-order chi connectivity index (χ0) is 20.8. The topological polar surface area (TPSA) is 63.6 Å². The largest absolute Gasteiger partial charge is 0.462 e. The van der Waals surface area contributed by atoms with Gasteiger partial charge in [-0.25, -0.2) is 0 Å². The first-order valence-corrected chi connectivity index (χ1v) is 11.5. The molecule has 0 aromatic heterocycles. The van der Waals surface area contributed by atoms with Crippen LogP contribution >= 0.6 is 0 Å². The van der Waals surface area contributed by atoms with Crippen molar-refractivity contribution in [2.45, 2.75) is 78.2 Å². The lowest BCUT2D eigenvalue weighted by Gasteiger charge is -2.58. The highest BCUT2D eigenvalue weighted by molar-refractivity contribution is 5.92. The van der Waals surface area contributed by atoms with E-state index in [2.05, 4.69) is 19.9 Å². The van der Waals surface area contributed by atoms with E-state index in [9.17, 15) is 9.59 Å². The Morgan fingerprint density at radius 2 is 1.97 bits per heavy atom. The van der Waals surface area contributed by atoms with Crippen molar-refractivity contribution in [1.29, 1.82) is 0 Å². The number of ketones is 1. The average Bonchev–Trinajstić information content (AvgIpc) is 3.03. The van der Waals surface area contributed by atoms with E-state index < -0.39 is 0 Å². The second-order valence-electron chi connectivity index (χ2n) is 10.4. The van der Waals surface area contributed by atoms with Crippen LogP contribution in [0.25, 0.3) is 0 Å². The molecule has 4 heteroatoms. The number of esters is 1. The Kier molecular flexibility index (Phi) is 5.52. The normalized spacial score (nSPS) is 43.9. The molecule has 4 aliphatic carbocycles. The summed E-state index contributed by atoms with van der Waals surface area (Å²) in [6, 6.07) is 0. The second kappa shape index (κ2) is 7.68. The molecule has 0 aliphatic heterocycles. The molecule has 0 radical (unpaired) electrons. The van der Waals surface area contributed by atoms with Crippen LogP contribution in [-0.4, -0.2) is 29.6 Å². The van der Waals surface area contributed by atoms with Crippen LogP contribution in [0.5, 0.6) is 0 Å². The van der Waals surface area contributed by atoms with Crippen molar-refractivity contribution in [2.75, 3.05) is 6.61 Å². The number of allylic oxidation sites excluding steroid dienone is 2. The Morgan fingerprint density at radius 1 is 1.17 bits per heavy atom. The van der Waals surface area contributed by atoms with Crippen LogP contribution in [-0.2, 0) is 14.3 Å². The Morgan fingerprint density at radius 3 is 2.69 bits per heavy atom. The van der Waals surface area contributed by atoms with Crippen LogP contribution in [0.15, 0.2) is 23.8 Å². The van der Waals surface area contributed by atoms with E-state index in [1.165, 1.54) is 18.9 Å². The fourth-order valence-corrected chi connectivity index (χ4v) is 7.72. The number of aliphatic hydroxyl groups excluding tert-OH is 1. The molecule has 1 N–H and O–H groups in total. The van der Waals surface area contributed by atoms with Crippen molar-refractivity contribution in [3.05, 3.63) is 23.8 Å². The third-order valence-corrected chi connectivity index (χ3v) is 9.12. The summed E-state index contributed by atoms with van der Waals surface area (Å²) in [5, 5.41) is 9.04. The van der Waals surface area contributed by atoms with Gasteiger partial charge in [0.15, 0.2) is 5.78 Å². The molecule has 4 aliphatic rings. The van der Waals surface area contributed by atoms with Crippen LogP contribution in [0.3, 0.4) is 0 Å². The summed E-state index contributed by atoms with van der Waals surface area (Å²) in [6.45, 7) is 6.25. The van der Waals surface area contributed by atoms with Crippen molar-refractivity contribution in [3.8, 4) is 0 Å². The SMILES string of the molecule is CC(=O)O[C@@H]1CC[C@@]2(C)C(=CC[C@H]3[C@@H]4CC[C@H](C(=O)/C=C/CO)[C@@]4(C)CC[C@@H]32)C1. The molecular formula is C25H36O4. The summed E-state index contributed by atoms with van der Waals surface area (Å²) in [5.74, 6) is 2.10. The fourth-order valence-electron chi connectivity index (χ4n) is 7.72. The lowest BCUT2D eigenvalue weighted by atomic mass is 9.47. The van der Waals surface area contributed by atoms with Gasteiger partial charge < -0.3 is 9.84 Å². The molecule has 0 amide bonds. The maximum atomic E-state index is 12.8. The van der Waals surface area contributed by atoms with Crippen LogP contribution in [0.1, 0.15) is 72.1 Å². The number of hydrogen-bond acceptors (Lipinski definition) is 4. The third kappa shape index (κ3) is 3.41. The molecule has 29 heavy (non-hydrogen) atoms. The predicted molar refractivity (Wildman–Crippen MR) is 112 cm³/mol. The van der Waals surface area contributed by atoms with Gasteiger partial charge >= 0.3 is 5.97 Å². The number of fused-ring (bicyclic) bond motifs is 5. The molecule has 3 fully saturated rings. The van der Waals surface area contributed by atoms with Crippen LogP contribution in [0.4, 0.5) is 0 Å². The van der Waals surface area contributed by atoms with Crippen LogP contribution in [0, 0.1) is 34.5 Å². The number of rotatable bonds is 4. The predicted octanol–water partition coefficient (Wildman–Crippen LogP) is 4.61. The minimum atomic E-state index is -0.168. The lowest BCUT2D eigenvalue weighted by Crippen LogP contribution is -2.51. The van der Waals surface area contributed by atoms with Gasteiger partial charge in [-0.15, -0.1) is 0 Å². The molecule has 0 bridgehead atoms. The van der Waals surface area contributed by atoms with Gasteiger partial charge in [-0.1, -0.05) is 31.6 Å². The molecule has 0 heterocycles. The van der Waals surface area contributed by atoms with Gasteiger partial charge in [-0.2, -0.15) is 0 Å². The number of aliphatic hydroxyl groups is 1. The first kappa shape index (κ1) is 20.8. The zero-order valence-corrected chi connectivity index (χ0v) is 18.2. The highest BCUT2D eigenvalue weighted by atomic mass is 16.5. The number of ether oxygens (including phenoxy) is 1. The minimum Gasteiger partial charge on any atom is -0.462 e. The first-order chi connectivity index (χ1) is 13.8. The maximum absolute atomic E-state index is 12.8. The van der Waals surface area contributed by atoms with E-state index in [0.29, 0.717) is 17.8 Å². The monoisotopic (exact) mass is 400 g/mol. The molecule has 0 aromatic rings. The van der Waals surface area contributed by atoms with Crippen LogP contribution in [0.2, 0.25) is 0 Å². The molecule has 4 rings (SSSR count). The molecule has 0 spiro atoms. The summed E-state index contributed by atoms with van der Waals surface area (Å²) >= 11 is 0. The van der Waals surface area contributed by atoms with Gasteiger partial charge in [0.05, 0.1) is 6.61 Å². The standard InChI is InChI=1S/C25H36O4/c1-16(27)29-18-10-12-24(2)17(15-18)6-7-19-20-8-9-22(23(28)5-4-14-26)25(20,3)13-11-21(19)24/h4-6,18-22,26H,7-15H2,1-3H3/b5-4+/t18-,19+,20+,21+,22-,24+,25+/m1/s1. The van der Waals surface area contributed by atoms with E-state index in [4.69, 9.17) is 9.84 Å². The van der Waals surface area contributed by atoms with Crippen molar-refractivity contribution in [1.82, 2.24) is 0 Å². The molecule has 0 aromatic carbocycles. The number of hydrogen-bond donors (Lipinski definition) is 1. The number of carbonyl (C=O) groups excluding carboxylic acids is 2. The van der Waals surface area contributed by atoms with Gasteiger partial charge in [0.25, 0.3) is 0 Å². The molecule has 0 unspecified atom stereocenters. The van der Waals surface area contributed by atoms with Crippen molar-refractivity contribution >= 4 is 11.8 Å². The zero-order valence-electron chi connectivity index (χ0n) is 18.2. The van der Waals surface area contributed by atoms with Crippen molar-refractivity contribution in [3.63, 3.8) is 0 Å². The fraction of sp³-hybridized carbons (Fsp3) is 0.760. The molecule has 7 atom stereocenters. The summed E-state index contributed by atoms with van der Waals surface area (Å²) in [5.41, 5.74) is 1.82. The average molecular weight is 401 g/mol. The van der Waals surface area contributed by atoms with E-state index in [-0.39, 0.29) is 41.2 Å². The summed E-state index contributed by atoms with van der Waals surface area (Å²) in [6.07, 6.45) is 14.2. The van der Waals surface area contributed by atoms with E-state index in [1.807, 2.05) is 0 Å². The number of carbonyl (C=O) groups is 2. The molecule has 0 saturated heterocycles. The maximum Gasteiger partial charge on any atom is 0.302 e. The van der Waals surface area contributed by atoms with Crippen LogP contribution < -0.4 is 0 Å². The summed E-state index contributed by atoms with van der Waals surface area (Å²) in [4.78, 5) is 24.2. The Hall–Kier alpha value is -1.42. The van der Waals surface area contributed by atoms with Gasteiger partial charge in [0.1, 0.15) is 6.10 Å². The van der Waals surface area contributed by atoms with E-state index in [0.717, 1.165) is 44.9 Å². The first-order valence-electron chi connectivity index (χ1n) is 11.5. The molecule has 3 saturated carbocycles. The van der Waals surface area contributed by atoms with E-state index >= 15 is 0 Å². The molecule has 160 valence electrons. The molecular weight excluding hydrogens is 364 g/mol. The lowest BCUT2D eigenvalue weighted by molar-refractivity contribution is -0.149. The van der Waals surface area contributed by atoms with Crippen molar-refractivity contribution in [2.24, 2.45) is 34.5 Å². The summed E-state index contributed by atoms with van der Waals surface area (Å²) in [7, 11) is 0. The third-order valence-electron chi connectivity index (χ3n) is 9.12. The highest BCUT2D eigenvalue weighted by Gasteiger charge is 2.59.